The Labute approximate surface area is 147 Å². The number of aromatic hydroxyl groups is 1. The second-order valence-corrected chi connectivity index (χ2v) is 6.87. The van der Waals surface area contributed by atoms with Gasteiger partial charge < -0.3 is 15.2 Å². The number of nitrogens with one attached hydrogen (secondary N) is 1. The number of benzene rings is 2. The Balaban J connectivity index is 2.05. The van der Waals surface area contributed by atoms with Crippen molar-refractivity contribution in [3.05, 3.63) is 53.6 Å². The number of phenolic OH excluding ortho intramolecular Hbond substituents is 1. The molecule has 0 heterocycles. The van der Waals surface area contributed by atoms with Gasteiger partial charge in [-0.15, -0.1) is 0 Å². The van der Waals surface area contributed by atoms with Crippen molar-refractivity contribution in [2.75, 3.05) is 11.9 Å². The number of carbonyl (C=O) groups is 2. The number of ether oxygens (including phenoxy) is 1. The Kier molecular flexibility index (Phi) is 5.47. The Morgan fingerprint density at radius 1 is 1.12 bits per heavy atom. The summed E-state index contributed by atoms with van der Waals surface area (Å²) in [6.45, 7) is 7.44. The van der Waals surface area contributed by atoms with Crippen LogP contribution in [0.2, 0.25) is 0 Å². The number of Topliss-reactive ketones (excluding diaryl/α,β-unsaturated/α-hetero) is 1. The van der Waals surface area contributed by atoms with Crippen molar-refractivity contribution in [2.24, 2.45) is 0 Å². The molecular formula is C20H23NO4. The third-order valence-corrected chi connectivity index (χ3v) is 3.71. The van der Waals surface area contributed by atoms with Crippen molar-refractivity contribution >= 4 is 17.4 Å². The van der Waals surface area contributed by atoms with Gasteiger partial charge in [0.15, 0.2) is 12.4 Å². The van der Waals surface area contributed by atoms with E-state index in [0.717, 1.165) is 5.56 Å². The molecule has 5 nitrogen and oxygen atoms in total. The van der Waals surface area contributed by atoms with Gasteiger partial charge >= 0.3 is 0 Å². The number of carbonyl (C=O) groups excluding carboxylic acids is 2. The Morgan fingerprint density at radius 2 is 1.80 bits per heavy atom. The molecule has 0 aromatic heterocycles. The van der Waals surface area contributed by atoms with E-state index < -0.39 is 0 Å². The summed E-state index contributed by atoms with van der Waals surface area (Å²) in [7, 11) is 0. The minimum Gasteiger partial charge on any atom is -0.507 e. The van der Waals surface area contributed by atoms with E-state index in [2.05, 4.69) is 26.1 Å². The largest absolute Gasteiger partial charge is 0.507 e. The first-order chi connectivity index (χ1) is 11.7. The van der Waals surface area contributed by atoms with Crippen molar-refractivity contribution in [3.63, 3.8) is 0 Å². The first kappa shape index (κ1) is 18.5. The maximum absolute atomic E-state index is 12.1. The van der Waals surface area contributed by atoms with E-state index >= 15 is 0 Å². The molecule has 0 radical (unpaired) electrons. The molecule has 1 amide bonds. The summed E-state index contributed by atoms with van der Waals surface area (Å²) < 4.78 is 5.67. The van der Waals surface area contributed by atoms with E-state index in [1.54, 1.807) is 0 Å². The summed E-state index contributed by atoms with van der Waals surface area (Å²) in [5, 5.41) is 12.3. The fourth-order valence-electron chi connectivity index (χ4n) is 2.45. The van der Waals surface area contributed by atoms with E-state index in [0.29, 0.717) is 11.4 Å². The summed E-state index contributed by atoms with van der Waals surface area (Å²) in [5.74, 6) is -0.0611. The standard InChI is InChI=1S/C20H23NO4/c1-13(22)15-11-14(9-10-17(15)23)21-19(24)12-25-18-8-6-5-7-16(18)20(2,3)4/h5-11,23H,12H2,1-4H3,(H,21,24). The quantitative estimate of drug-likeness (QED) is 0.639. The smallest absolute Gasteiger partial charge is 0.262 e. The average molecular weight is 341 g/mol. The molecule has 0 unspecified atom stereocenters. The van der Waals surface area contributed by atoms with Gasteiger partial charge in [-0.25, -0.2) is 0 Å². The summed E-state index contributed by atoms with van der Waals surface area (Å²) in [4.78, 5) is 23.6. The lowest BCUT2D eigenvalue weighted by Gasteiger charge is -2.22. The minimum atomic E-state index is -0.344. The van der Waals surface area contributed by atoms with Crippen molar-refractivity contribution < 1.29 is 19.4 Å². The number of anilines is 1. The first-order valence-corrected chi connectivity index (χ1v) is 8.04. The van der Waals surface area contributed by atoms with E-state index in [1.807, 2.05) is 24.3 Å². The zero-order chi connectivity index (χ0) is 18.6. The van der Waals surface area contributed by atoms with Crippen LogP contribution < -0.4 is 10.1 Å². The van der Waals surface area contributed by atoms with Crippen molar-refractivity contribution in [3.8, 4) is 11.5 Å². The van der Waals surface area contributed by atoms with E-state index in [1.165, 1.54) is 25.1 Å². The normalized spacial score (nSPS) is 11.0. The topological polar surface area (TPSA) is 75.6 Å². The number of amides is 1. The van der Waals surface area contributed by atoms with Crippen LogP contribution in [0.5, 0.6) is 11.5 Å². The zero-order valence-electron chi connectivity index (χ0n) is 14.9. The number of hydrogen-bond donors (Lipinski definition) is 2. The molecule has 2 rings (SSSR count). The number of phenols is 1. The first-order valence-electron chi connectivity index (χ1n) is 8.04. The Bertz CT molecular complexity index is 791. The number of hydrogen-bond acceptors (Lipinski definition) is 4. The molecule has 132 valence electrons. The van der Waals surface area contributed by atoms with Crippen molar-refractivity contribution in [1.82, 2.24) is 0 Å². The molecule has 5 heteroatoms. The molecule has 0 fully saturated rings. The second kappa shape index (κ2) is 7.38. The highest BCUT2D eigenvalue weighted by atomic mass is 16.5. The highest BCUT2D eigenvalue weighted by Gasteiger charge is 2.19. The van der Waals surface area contributed by atoms with Gasteiger partial charge in [-0.3, -0.25) is 9.59 Å². The average Bonchev–Trinajstić information content (AvgIpc) is 2.54. The minimum absolute atomic E-state index is 0.0968. The van der Waals surface area contributed by atoms with E-state index in [4.69, 9.17) is 4.74 Å². The van der Waals surface area contributed by atoms with Crippen LogP contribution in [0.25, 0.3) is 0 Å². The third-order valence-electron chi connectivity index (χ3n) is 3.71. The van der Waals surface area contributed by atoms with Gasteiger partial charge in [-0.2, -0.15) is 0 Å². The van der Waals surface area contributed by atoms with E-state index in [-0.39, 0.29) is 35.0 Å². The highest BCUT2D eigenvalue weighted by molar-refractivity contribution is 5.99. The maximum Gasteiger partial charge on any atom is 0.262 e. The molecular weight excluding hydrogens is 318 g/mol. The molecule has 2 N–H and O–H groups in total. The summed E-state index contributed by atoms with van der Waals surface area (Å²) in [6.07, 6.45) is 0. The van der Waals surface area contributed by atoms with Crippen molar-refractivity contribution in [1.29, 1.82) is 0 Å². The van der Waals surface area contributed by atoms with Crippen LogP contribution in [-0.2, 0) is 10.2 Å². The van der Waals surface area contributed by atoms with Gasteiger partial charge in [0, 0.05) is 5.69 Å². The SMILES string of the molecule is CC(=O)c1cc(NC(=O)COc2ccccc2C(C)(C)C)ccc1O. The third kappa shape index (κ3) is 4.83. The lowest BCUT2D eigenvalue weighted by molar-refractivity contribution is -0.118. The predicted molar refractivity (Wildman–Crippen MR) is 97.4 cm³/mol. The lowest BCUT2D eigenvalue weighted by Crippen LogP contribution is -2.22. The van der Waals surface area contributed by atoms with Crippen LogP contribution in [0.3, 0.4) is 0 Å². The Hall–Kier alpha value is -2.82. The molecule has 0 spiro atoms. The van der Waals surface area contributed by atoms with Gasteiger partial charge in [-0.1, -0.05) is 39.0 Å². The van der Waals surface area contributed by atoms with Crippen LogP contribution in [0.4, 0.5) is 5.69 Å². The monoisotopic (exact) mass is 341 g/mol. The molecule has 0 aliphatic heterocycles. The summed E-state index contributed by atoms with van der Waals surface area (Å²) in [5.41, 5.74) is 1.52. The molecule has 0 bridgehead atoms. The van der Waals surface area contributed by atoms with Gasteiger partial charge in [0.05, 0.1) is 5.56 Å². The van der Waals surface area contributed by atoms with Crippen LogP contribution in [0.1, 0.15) is 43.6 Å². The number of rotatable bonds is 5. The molecule has 0 aliphatic carbocycles. The van der Waals surface area contributed by atoms with Crippen LogP contribution in [-0.4, -0.2) is 23.4 Å². The lowest BCUT2D eigenvalue weighted by atomic mass is 9.86. The van der Waals surface area contributed by atoms with Gasteiger partial charge in [-0.05, 0) is 42.2 Å². The molecule has 0 atom stereocenters. The molecule has 2 aromatic rings. The molecule has 2 aromatic carbocycles. The predicted octanol–water partition coefficient (Wildman–Crippen LogP) is 3.91. The van der Waals surface area contributed by atoms with Crippen LogP contribution >= 0.6 is 0 Å². The molecule has 25 heavy (non-hydrogen) atoms. The fourth-order valence-corrected chi connectivity index (χ4v) is 2.45. The molecule has 0 saturated carbocycles. The second-order valence-electron chi connectivity index (χ2n) is 6.87. The molecule has 0 saturated heterocycles. The van der Waals surface area contributed by atoms with E-state index in [9.17, 15) is 14.7 Å². The van der Waals surface area contributed by atoms with Crippen LogP contribution in [0, 0.1) is 0 Å². The Morgan fingerprint density at radius 3 is 2.44 bits per heavy atom. The fraction of sp³-hybridized carbons (Fsp3) is 0.300. The zero-order valence-corrected chi connectivity index (χ0v) is 14.9. The van der Waals surface area contributed by atoms with Crippen molar-refractivity contribution in [2.45, 2.75) is 33.1 Å². The van der Waals surface area contributed by atoms with Crippen LogP contribution in [0.15, 0.2) is 42.5 Å². The number of ketones is 1. The maximum atomic E-state index is 12.1. The molecule has 0 aliphatic rings. The highest BCUT2D eigenvalue weighted by Crippen LogP contribution is 2.31. The van der Waals surface area contributed by atoms with Gasteiger partial charge in [0.25, 0.3) is 5.91 Å². The summed E-state index contributed by atoms with van der Waals surface area (Å²) in [6, 6.07) is 12.0. The van der Waals surface area contributed by atoms with Gasteiger partial charge in [0.2, 0.25) is 0 Å². The van der Waals surface area contributed by atoms with Gasteiger partial charge in [0.1, 0.15) is 11.5 Å². The number of para-hydroxylation sites is 1. The summed E-state index contributed by atoms with van der Waals surface area (Å²) >= 11 is 0.